The van der Waals surface area contributed by atoms with Crippen LogP contribution in [-0.2, 0) is 14.8 Å². The van der Waals surface area contributed by atoms with E-state index in [0.29, 0.717) is 44.0 Å². The largest absolute Gasteiger partial charge is 0.341 e. The van der Waals surface area contributed by atoms with E-state index in [1.165, 1.54) is 4.31 Å². The van der Waals surface area contributed by atoms with Crippen molar-refractivity contribution in [2.45, 2.75) is 30.6 Å². The zero-order valence-electron chi connectivity index (χ0n) is 14.5. The Kier molecular flexibility index (Phi) is 5.76. The van der Waals surface area contributed by atoms with Gasteiger partial charge in [0.05, 0.1) is 4.90 Å². The van der Waals surface area contributed by atoms with Crippen LogP contribution in [0.4, 0.5) is 0 Å². The van der Waals surface area contributed by atoms with E-state index in [1.54, 1.807) is 30.3 Å². The fourth-order valence-corrected chi connectivity index (χ4v) is 5.47. The van der Waals surface area contributed by atoms with Crippen molar-refractivity contribution in [1.82, 2.24) is 9.21 Å². The molecule has 1 aromatic rings. The molecular formula is C18H27N3O3S. The summed E-state index contributed by atoms with van der Waals surface area (Å²) in [5.41, 5.74) is 5.81. The lowest BCUT2D eigenvalue weighted by Gasteiger charge is -2.27. The van der Waals surface area contributed by atoms with Crippen LogP contribution in [0.1, 0.15) is 25.7 Å². The van der Waals surface area contributed by atoms with Crippen LogP contribution < -0.4 is 5.73 Å². The average molecular weight is 365 g/mol. The van der Waals surface area contributed by atoms with Crippen LogP contribution in [-0.4, -0.2) is 56.3 Å². The van der Waals surface area contributed by atoms with E-state index in [-0.39, 0.29) is 17.7 Å². The number of nitrogens with zero attached hydrogens (tertiary/aromatic N) is 2. The molecule has 3 rings (SSSR count). The minimum Gasteiger partial charge on any atom is -0.341 e. The van der Waals surface area contributed by atoms with Crippen LogP contribution in [0.25, 0.3) is 0 Å². The molecule has 6 nitrogen and oxygen atoms in total. The van der Waals surface area contributed by atoms with Crippen molar-refractivity contribution in [2.75, 3.05) is 32.7 Å². The van der Waals surface area contributed by atoms with E-state index in [0.717, 1.165) is 19.3 Å². The van der Waals surface area contributed by atoms with Gasteiger partial charge in [0.1, 0.15) is 0 Å². The summed E-state index contributed by atoms with van der Waals surface area (Å²) < 4.78 is 27.1. The van der Waals surface area contributed by atoms with Gasteiger partial charge in [-0.3, -0.25) is 4.79 Å². The number of carbonyl (C=O) groups excluding carboxylic acids is 1. The molecular weight excluding hydrogens is 338 g/mol. The van der Waals surface area contributed by atoms with E-state index in [9.17, 15) is 13.2 Å². The summed E-state index contributed by atoms with van der Waals surface area (Å²) in [5, 5.41) is 0. The molecule has 0 spiro atoms. The van der Waals surface area contributed by atoms with Crippen molar-refractivity contribution in [1.29, 1.82) is 0 Å². The van der Waals surface area contributed by atoms with Gasteiger partial charge in [0.25, 0.3) is 0 Å². The third-order valence-electron chi connectivity index (χ3n) is 5.43. The van der Waals surface area contributed by atoms with Crippen LogP contribution >= 0.6 is 0 Å². The Balaban J connectivity index is 1.67. The van der Waals surface area contributed by atoms with Crippen molar-refractivity contribution in [3.8, 4) is 0 Å². The smallest absolute Gasteiger partial charge is 0.243 e. The maximum Gasteiger partial charge on any atom is 0.243 e. The van der Waals surface area contributed by atoms with Gasteiger partial charge in [0, 0.05) is 32.1 Å². The first-order chi connectivity index (χ1) is 12.0. The van der Waals surface area contributed by atoms with Gasteiger partial charge in [-0.1, -0.05) is 24.6 Å². The number of amides is 1. The lowest BCUT2D eigenvalue weighted by atomic mass is 9.94. The number of carbonyl (C=O) groups is 1. The van der Waals surface area contributed by atoms with Crippen LogP contribution in [0.15, 0.2) is 35.2 Å². The van der Waals surface area contributed by atoms with Gasteiger partial charge in [-0.25, -0.2) is 8.42 Å². The first-order valence-electron chi connectivity index (χ1n) is 9.08. The topological polar surface area (TPSA) is 83.7 Å². The van der Waals surface area contributed by atoms with Gasteiger partial charge in [0.15, 0.2) is 0 Å². The third-order valence-corrected chi connectivity index (χ3v) is 7.34. The van der Waals surface area contributed by atoms with Gasteiger partial charge >= 0.3 is 0 Å². The minimum absolute atomic E-state index is 0.0160. The maximum absolute atomic E-state index is 12.9. The zero-order chi connectivity index (χ0) is 17.9. The van der Waals surface area contributed by atoms with Gasteiger partial charge in [-0.2, -0.15) is 4.31 Å². The molecule has 1 aliphatic carbocycles. The van der Waals surface area contributed by atoms with Crippen molar-refractivity contribution < 1.29 is 13.2 Å². The average Bonchev–Trinajstić information content (AvgIpc) is 2.97. The standard InChI is InChI=1S/C18H27N3O3S/c19-14-15-6-4-9-17(15)18(22)20-10-5-11-21(13-12-20)25(23,24)16-7-2-1-3-8-16/h1-3,7-8,15,17H,4-6,9-14,19H2/t15-,17-/m1/s1. The molecule has 2 N–H and O–H groups in total. The normalized spacial score (nSPS) is 25.7. The highest BCUT2D eigenvalue weighted by molar-refractivity contribution is 7.89. The predicted molar refractivity (Wildman–Crippen MR) is 96.3 cm³/mol. The molecule has 0 radical (unpaired) electrons. The lowest BCUT2D eigenvalue weighted by molar-refractivity contribution is -0.136. The molecule has 1 aliphatic heterocycles. The van der Waals surface area contributed by atoms with Gasteiger partial charge in [0.2, 0.25) is 15.9 Å². The number of hydrogen-bond donors (Lipinski definition) is 1. The first-order valence-corrected chi connectivity index (χ1v) is 10.5. The van der Waals surface area contributed by atoms with E-state index in [4.69, 9.17) is 5.73 Å². The summed E-state index contributed by atoms with van der Waals surface area (Å²) in [6.45, 7) is 2.43. The Morgan fingerprint density at radius 3 is 2.52 bits per heavy atom. The summed E-state index contributed by atoms with van der Waals surface area (Å²) >= 11 is 0. The highest BCUT2D eigenvalue weighted by Crippen LogP contribution is 2.32. The molecule has 1 aromatic carbocycles. The second-order valence-corrected chi connectivity index (χ2v) is 8.87. The SMILES string of the molecule is NC[C@H]1CCC[C@H]1C(=O)N1CCCN(S(=O)(=O)c2ccccc2)CC1. The zero-order valence-corrected chi connectivity index (χ0v) is 15.3. The molecule has 2 aliphatic rings. The summed E-state index contributed by atoms with van der Waals surface area (Å²) in [6, 6.07) is 8.50. The number of rotatable bonds is 4. The Labute approximate surface area is 150 Å². The third kappa shape index (κ3) is 3.88. The van der Waals surface area contributed by atoms with Crippen LogP contribution in [0.2, 0.25) is 0 Å². The highest BCUT2D eigenvalue weighted by Gasteiger charge is 2.36. The van der Waals surface area contributed by atoms with Crippen molar-refractivity contribution in [2.24, 2.45) is 17.6 Å². The number of sulfonamides is 1. The summed E-state index contributed by atoms with van der Waals surface area (Å²) in [4.78, 5) is 15.0. The van der Waals surface area contributed by atoms with Gasteiger partial charge in [-0.15, -0.1) is 0 Å². The fourth-order valence-electron chi connectivity index (χ4n) is 3.97. The predicted octanol–water partition coefficient (Wildman–Crippen LogP) is 1.28. The molecule has 1 heterocycles. The molecule has 2 atom stereocenters. The first kappa shape index (κ1) is 18.4. The monoisotopic (exact) mass is 365 g/mol. The Morgan fingerprint density at radius 2 is 1.80 bits per heavy atom. The Hall–Kier alpha value is -1.44. The second kappa shape index (κ2) is 7.85. The molecule has 2 fully saturated rings. The Bertz CT molecular complexity index is 693. The summed E-state index contributed by atoms with van der Waals surface area (Å²) in [7, 11) is -3.49. The maximum atomic E-state index is 12.9. The van der Waals surface area contributed by atoms with Crippen LogP contribution in [0.5, 0.6) is 0 Å². The quantitative estimate of drug-likeness (QED) is 0.871. The van der Waals surface area contributed by atoms with Crippen molar-refractivity contribution in [3.63, 3.8) is 0 Å². The van der Waals surface area contributed by atoms with E-state index >= 15 is 0 Å². The lowest BCUT2D eigenvalue weighted by Crippen LogP contribution is -2.41. The molecule has 25 heavy (non-hydrogen) atoms. The van der Waals surface area contributed by atoms with E-state index in [2.05, 4.69) is 0 Å². The van der Waals surface area contributed by atoms with Crippen molar-refractivity contribution in [3.05, 3.63) is 30.3 Å². The number of benzene rings is 1. The number of hydrogen-bond acceptors (Lipinski definition) is 4. The van der Waals surface area contributed by atoms with Gasteiger partial charge in [-0.05, 0) is 43.9 Å². The Morgan fingerprint density at radius 1 is 1.04 bits per heavy atom. The van der Waals surface area contributed by atoms with Gasteiger partial charge < -0.3 is 10.6 Å². The van der Waals surface area contributed by atoms with Crippen LogP contribution in [0.3, 0.4) is 0 Å². The fraction of sp³-hybridized carbons (Fsp3) is 0.611. The minimum atomic E-state index is -3.49. The summed E-state index contributed by atoms with van der Waals surface area (Å²) in [6.07, 6.45) is 3.65. The molecule has 1 amide bonds. The van der Waals surface area contributed by atoms with E-state index in [1.807, 2.05) is 4.90 Å². The molecule has 1 saturated carbocycles. The van der Waals surface area contributed by atoms with E-state index < -0.39 is 10.0 Å². The molecule has 0 aromatic heterocycles. The van der Waals surface area contributed by atoms with Crippen molar-refractivity contribution >= 4 is 15.9 Å². The molecule has 1 saturated heterocycles. The molecule has 138 valence electrons. The highest BCUT2D eigenvalue weighted by atomic mass is 32.2. The van der Waals surface area contributed by atoms with Crippen LogP contribution in [0, 0.1) is 11.8 Å². The molecule has 0 bridgehead atoms. The molecule has 7 heteroatoms. The summed E-state index contributed by atoms with van der Waals surface area (Å²) in [5.74, 6) is 0.453. The second-order valence-electron chi connectivity index (χ2n) is 6.93. The number of nitrogens with two attached hydrogens (primary N) is 1. The molecule has 0 unspecified atom stereocenters.